The van der Waals surface area contributed by atoms with E-state index in [1.54, 1.807) is 0 Å². The summed E-state index contributed by atoms with van der Waals surface area (Å²) in [5, 5.41) is 0. The predicted molar refractivity (Wildman–Crippen MR) is 71.6 cm³/mol. The van der Waals surface area contributed by atoms with Crippen LogP contribution in [0.4, 0.5) is 0 Å². The van der Waals surface area contributed by atoms with Crippen LogP contribution < -0.4 is 5.73 Å². The second kappa shape index (κ2) is 7.00. The highest BCUT2D eigenvalue weighted by Crippen LogP contribution is 2.26. The summed E-state index contributed by atoms with van der Waals surface area (Å²) in [5.74, 6) is 1.02. The molecule has 0 spiro atoms. The molecule has 0 aliphatic heterocycles. The minimum Gasteiger partial charge on any atom is -0.342 e. The van der Waals surface area contributed by atoms with Gasteiger partial charge in [0.15, 0.2) is 0 Å². The van der Waals surface area contributed by atoms with Crippen LogP contribution in [0.5, 0.6) is 0 Å². The van der Waals surface area contributed by atoms with Crippen molar-refractivity contribution in [1.82, 2.24) is 4.90 Å². The number of nitrogens with zero attached hydrogens (tertiary/aromatic N) is 1. The largest absolute Gasteiger partial charge is 0.342 e. The van der Waals surface area contributed by atoms with Gasteiger partial charge in [-0.25, -0.2) is 0 Å². The molecule has 100 valence electrons. The molecule has 1 saturated carbocycles. The molecule has 17 heavy (non-hydrogen) atoms. The van der Waals surface area contributed by atoms with Crippen molar-refractivity contribution >= 4 is 5.91 Å². The smallest absolute Gasteiger partial charge is 0.227 e. The lowest BCUT2D eigenvalue weighted by Crippen LogP contribution is -2.43. The van der Waals surface area contributed by atoms with E-state index in [2.05, 4.69) is 20.8 Å². The minimum atomic E-state index is 0.0873. The van der Waals surface area contributed by atoms with Crippen LogP contribution in [0.15, 0.2) is 0 Å². The molecule has 0 radical (unpaired) electrons. The maximum absolute atomic E-state index is 12.4. The van der Waals surface area contributed by atoms with E-state index >= 15 is 0 Å². The first-order valence-corrected chi connectivity index (χ1v) is 7.18. The molecule has 0 saturated heterocycles. The summed E-state index contributed by atoms with van der Waals surface area (Å²) in [6.45, 7) is 8.20. The van der Waals surface area contributed by atoms with Crippen molar-refractivity contribution in [3.05, 3.63) is 0 Å². The summed E-state index contributed by atoms with van der Waals surface area (Å²) in [6.07, 6.45) is 5.41. The fourth-order valence-corrected chi connectivity index (χ4v) is 2.76. The Balaban J connectivity index is 2.57. The van der Waals surface area contributed by atoms with Gasteiger partial charge in [0.25, 0.3) is 0 Å². The van der Waals surface area contributed by atoms with Gasteiger partial charge in [-0.1, -0.05) is 33.1 Å². The molecule has 1 rings (SSSR count). The summed E-state index contributed by atoms with van der Waals surface area (Å²) in [7, 11) is 0. The van der Waals surface area contributed by atoms with Gasteiger partial charge in [-0.3, -0.25) is 4.79 Å². The molecule has 0 aromatic rings. The van der Waals surface area contributed by atoms with Crippen LogP contribution in [-0.2, 0) is 4.79 Å². The molecule has 1 fully saturated rings. The zero-order valence-corrected chi connectivity index (χ0v) is 11.6. The average molecular weight is 240 g/mol. The molecule has 3 nitrogen and oxygen atoms in total. The highest BCUT2D eigenvalue weighted by atomic mass is 16.2. The maximum atomic E-state index is 12.4. The third-order valence-corrected chi connectivity index (χ3v) is 4.21. The summed E-state index contributed by atoms with van der Waals surface area (Å²) >= 11 is 0. The fourth-order valence-electron chi connectivity index (χ4n) is 2.76. The number of nitrogens with two attached hydrogens (primary N) is 1. The molecule has 2 N–H and O–H groups in total. The Morgan fingerprint density at radius 1 is 1.29 bits per heavy atom. The highest BCUT2D eigenvalue weighted by molar-refractivity contribution is 5.79. The SMILES string of the molecule is CCC(CC)CN(CC)C(=O)C1CCCC1N. The second-order valence-electron chi connectivity index (χ2n) is 5.26. The number of amides is 1. The Labute approximate surface area is 106 Å². The minimum absolute atomic E-state index is 0.0873. The monoisotopic (exact) mass is 240 g/mol. The number of hydrogen-bond donors (Lipinski definition) is 1. The standard InChI is InChI=1S/C14H28N2O/c1-4-11(5-2)10-16(6-3)14(17)12-8-7-9-13(12)15/h11-13H,4-10,15H2,1-3H3. The Morgan fingerprint density at radius 3 is 2.35 bits per heavy atom. The van der Waals surface area contributed by atoms with Gasteiger partial charge in [-0.05, 0) is 25.7 Å². The quantitative estimate of drug-likeness (QED) is 0.775. The van der Waals surface area contributed by atoms with Gasteiger partial charge in [0.2, 0.25) is 5.91 Å². The van der Waals surface area contributed by atoms with E-state index in [9.17, 15) is 4.79 Å². The lowest BCUT2D eigenvalue weighted by atomic mass is 9.99. The summed E-state index contributed by atoms with van der Waals surface area (Å²) in [4.78, 5) is 14.4. The lowest BCUT2D eigenvalue weighted by Gasteiger charge is -2.29. The van der Waals surface area contributed by atoms with Crippen molar-refractivity contribution in [1.29, 1.82) is 0 Å². The van der Waals surface area contributed by atoms with Crippen LogP contribution in [0, 0.1) is 11.8 Å². The number of carbonyl (C=O) groups excluding carboxylic acids is 1. The van der Waals surface area contributed by atoms with Crippen molar-refractivity contribution in [2.45, 2.75) is 58.9 Å². The van der Waals surface area contributed by atoms with Crippen LogP contribution in [-0.4, -0.2) is 29.9 Å². The molecule has 2 atom stereocenters. The van der Waals surface area contributed by atoms with E-state index in [0.717, 1.165) is 45.2 Å². The van der Waals surface area contributed by atoms with Crippen LogP contribution in [0.2, 0.25) is 0 Å². The molecule has 1 aliphatic carbocycles. The fraction of sp³-hybridized carbons (Fsp3) is 0.929. The van der Waals surface area contributed by atoms with E-state index in [1.165, 1.54) is 0 Å². The second-order valence-corrected chi connectivity index (χ2v) is 5.26. The van der Waals surface area contributed by atoms with Crippen LogP contribution in [0.1, 0.15) is 52.9 Å². The van der Waals surface area contributed by atoms with Crippen molar-refractivity contribution in [3.8, 4) is 0 Å². The number of carbonyl (C=O) groups is 1. The summed E-state index contributed by atoms with van der Waals surface area (Å²) in [6, 6.07) is 0.0956. The van der Waals surface area contributed by atoms with E-state index < -0.39 is 0 Å². The molecule has 0 aromatic carbocycles. The highest BCUT2D eigenvalue weighted by Gasteiger charge is 2.33. The van der Waals surface area contributed by atoms with Crippen molar-refractivity contribution < 1.29 is 4.79 Å². The van der Waals surface area contributed by atoms with E-state index in [0.29, 0.717) is 11.8 Å². The van der Waals surface area contributed by atoms with Crippen LogP contribution >= 0.6 is 0 Å². The molecular formula is C14H28N2O. The molecule has 3 heteroatoms. The van der Waals surface area contributed by atoms with Gasteiger partial charge in [0.1, 0.15) is 0 Å². The average Bonchev–Trinajstić information content (AvgIpc) is 2.76. The first-order chi connectivity index (χ1) is 8.13. The van der Waals surface area contributed by atoms with E-state index in [1.807, 2.05) is 4.90 Å². The normalized spacial score (nSPS) is 24.3. The summed E-state index contributed by atoms with van der Waals surface area (Å²) in [5.41, 5.74) is 6.02. The van der Waals surface area contributed by atoms with Crippen LogP contribution in [0.3, 0.4) is 0 Å². The van der Waals surface area contributed by atoms with Crippen LogP contribution in [0.25, 0.3) is 0 Å². The summed E-state index contributed by atoms with van der Waals surface area (Å²) < 4.78 is 0. The van der Waals surface area contributed by atoms with E-state index in [4.69, 9.17) is 5.73 Å². The van der Waals surface area contributed by atoms with Gasteiger partial charge < -0.3 is 10.6 Å². The zero-order valence-electron chi connectivity index (χ0n) is 11.6. The number of hydrogen-bond acceptors (Lipinski definition) is 2. The molecule has 0 aromatic heterocycles. The Hall–Kier alpha value is -0.570. The maximum Gasteiger partial charge on any atom is 0.227 e. The van der Waals surface area contributed by atoms with Gasteiger partial charge in [0, 0.05) is 19.1 Å². The Kier molecular flexibility index (Phi) is 5.96. The van der Waals surface area contributed by atoms with Gasteiger partial charge >= 0.3 is 0 Å². The lowest BCUT2D eigenvalue weighted by molar-refractivity contribution is -0.136. The van der Waals surface area contributed by atoms with E-state index in [-0.39, 0.29) is 12.0 Å². The number of rotatable bonds is 6. The van der Waals surface area contributed by atoms with Gasteiger partial charge in [-0.15, -0.1) is 0 Å². The van der Waals surface area contributed by atoms with Crippen molar-refractivity contribution in [2.24, 2.45) is 17.6 Å². The third kappa shape index (κ3) is 3.70. The van der Waals surface area contributed by atoms with Gasteiger partial charge in [-0.2, -0.15) is 0 Å². The van der Waals surface area contributed by atoms with Gasteiger partial charge in [0.05, 0.1) is 5.92 Å². The Bertz CT molecular complexity index is 238. The molecule has 0 heterocycles. The van der Waals surface area contributed by atoms with Crippen molar-refractivity contribution in [2.75, 3.05) is 13.1 Å². The Morgan fingerprint density at radius 2 is 1.94 bits per heavy atom. The first-order valence-electron chi connectivity index (χ1n) is 7.18. The molecular weight excluding hydrogens is 212 g/mol. The zero-order chi connectivity index (χ0) is 12.8. The molecule has 2 unspecified atom stereocenters. The van der Waals surface area contributed by atoms with Crippen molar-refractivity contribution in [3.63, 3.8) is 0 Å². The third-order valence-electron chi connectivity index (χ3n) is 4.21. The molecule has 0 bridgehead atoms. The predicted octanol–water partition coefficient (Wildman–Crippen LogP) is 2.40. The topological polar surface area (TPSA) is 46.3 Å². The molecule has 1 aliphatic rings. The molecule has 1 amide bonds. The first kappa shape index (κ1) is 14.5.